The molecule has 0 amide bonds. The van der Waals surface area contributed by atoms with Gasteiger partial charge in [-0.15, -0.1) is 0 Å². The van der Waals surface area contributed by atoms with E-state index in [2.05, 4.69) is 12.2 Å². The third kappa shape index (κ3) is 27.4. The number of allylic oxidation sites excluding steroid dienone is 1. The number of aliphatic hydroxyl groups excluding tert-OH is 2. The van der Waals surface area contributed by atoms with Crippen molar-refractivity contribution in [3.8, 4) is 0 Å². The topological polar surface area (TPSA) is 89.8 Å². The Morgan fingerprint density at radius 1 is 0.955 bits per heavy atom. The second-order valence-corrected chi connectivity index (χ2v) is 5.52. The Kier molecular flexibility index (Phi) is 19.3. The highest BCUT2D eigenvalue weighted by molar-refractivity contribution is 5.79. The number of aliphatic hydroxyl groups is 2. The van der Waals surface area contributed by atoms with E-state index in [9.17, 15) is 4.79 Å². The molecular formula is C17H35NO4. The number of rotatable bonds is 12. The van der Waals surface area contributed by atoms with Gasteiger partial charge in [-0.1, -0.05) is 57.9 Å². The molecular weight excluding hydrogens is 282 g/mol. The third-order valence-corrected chi connectivity index (χ3v) is 2.97. The van der Waals surface area contributed by atoms with E-state index in [1.54, 1.807) is 19.9 Å². The van der Waals surface area contributed by atoms with Crippen LogP contribution in [0.5, 0.6) is 0 Å². The van der Waals surface area contributed by atoms with Crippen LogP contribution in [0.1, 0.15) is 78.6 Å². The second-order valence-electron chi connectivity index (χ2n) is 5.52. The van der Waals surface area contributed by atoms with E-state index >= 15 is 0 Å². The highest BCUT2D eigenvalue weighted by Crippen LogP contribution is 2.09. The summed E-state index contributed by atoms with van der Waals surface area (Å²) < 4.78 is 0. The lowest BCUT2D eigenvalue weighted by Crippen LogP contribution is -2.33. The van der Waals surface area contributed by atoms with Gasteiger partial charge in [0.2, 0.25) is 0 Å². The van der Waals surface area contributed by atoms with Crippen molar-refractivity contribution in [2.75, 3.05) is 0 Å². The number of aliphatic carboxylic acids is 1. The molecule has 0 aliphatic heterocycles. The molecule has 0 bridgehead atoms. The number of carbonyl (C=O) groups is 1. The molecule has 0 aromatic heterocycles. The summed E-state index contributed by atoms with van der Waals surface area (Å²) in [6.07, 6.45) is 13.0. The van der Waals surface area contributed by atoms with Crippen LogP contribution in [0.2, 0.25) is 0 Å². The number of nitrogens with one attached hydrogen (secondary N) is 1. The lowest BCUT2D eigenvalue weighted by molar-refractivity contribution is -0.131. The predicted octanol–water partition coefficient (Wildman–Crippen LogP) is 3.41. The highest BCUT2D eigenvalue weighted by Gasteiger charge is 1.95. The summed E-state index contributed by atoms with van der Waals surface area (Å²) in [6, 6.07) is 0. The number of carboxylic acids is 1. The number of carboxylic acid groups (broad SMARTS) is 1. The standard InChI is InChI=1S/C13H24O2.C4H11NO2/c1-2-3-4-5-6-7-8-9-10-11-12-13(14)15;1-3(6)5-4(2)7/h11-12H,2-10H2,1H3,(H,14,15);3-7H,1-2H3. The van der Waals surface area contributed by atoms with Gasteiger partial charge < -0.3 is 15.3 Å². The van der Waals surface area contributed by atoms with Gasteiger partial charge in [-0.2, -0.15) is 0 Å². The van der Waals surface area contributed by atoms with E-state index in [-0.39, 0.29) is 0 Å². The smallest absolute Gasteiger partial charge is 0.327 e. The first-order valence-corrected chi connectivity index (χ1v) is 8.41. The highest BCUT2D eigenvalue weighted by atomic mass is 16.4. The maximum Gasteiger partial charge on any atom is 0.327 e. The average Bonchev–Trinajstić information content (AvgIpc) is 2.39. The number of unbranched alkanes of at least 4 members (excludes halogenated alkanes) is 8. The fraction of sp³-hybridized carbons (Fsp3) is 0.824. The predicted molar refractivity (Wildman–Crippen MR) is 90.5 cm³/mol. The Morgan fingerprint density at radius 3 is 1.77 bits per heavy atom. The van der Waals surface area contributed by atoms with Crippen molar-refractivity contribution in [3.05, 3.63) is 12.2 Å². The summed E-state index contributed by atoms with van der Waals surface area (Å²) in [7, 11) is 0. The molecule has 0 saturated heterocycles. The van der Waals surface area contributed by atoms with Crippen LogP contribution in [0.25, 0.3) is 0 Å². The molecule has 0 saturated carbocycles. The summed E-state index contributed by atoms with van der Waals surface area (Å²) in [5.41, 5.74) is 0. The van der Waals surface area contributed by atoms with Gasteiger partial charge in [0.05, 0.1) is 0 Å². The Hall–Kier alpha value is -0.910. The monoisotopic (exact) mass is 317 g/mol. The SMILES string of the molecule is CC(O)NC(C)O.CCCCCCCCCCC=CC(=O)O. The van der Waals surface area contributed by atoms with Crippen LogP contribution in [0, 0.1) is 0 Å². The zero-order chi connectivity index (χ0) is 17.2. The molecule has 22 heavy (non-hydrogen) atoms. The normalized spacial score (nSPS) is 13.5. The summed E-state index contributed by atoms with van der Waals surface area (Å²) >= 11 is 0. The van der Waals surface area contributed by atoms with Gasteiger partial charge in [0.15, 0.2) is 0 Å². The van der Waals surface area contributed by atoms with Crippen LogP contribution in [0.3, 0.4) is 0 Å². The number of hydrogen-bond acceptors (Lipinski definition) is 4. The Labute approximate surface area is 135 Å². The minimum absolute atomic E-state index is 0.625. The molecule has 0 heterocycles. The zero-order valence-corrected chi connectivity index (χ0v) is 14.4. The maximum atomic E-state index is 10.1. The summed E-state index contributed by atoms with van der Waals surface area (Å²) in [5.74, 6) is -0.838. The molecule has 4 N–H and O–H groups in total. The molecule has 0 spiro atoms. The van der Waals surface area contributed by atoms with Crippen molar-refractivity contribution in [3.63, 3.8) is 0 Å². The fourth-order valence-electron chi connectivity index (χ4n) is 1.93. The first-order chi connectivity index (χ1) is 10.4. The number of hydrogen-bond donors (Lipinski definition) is 4. The van der Waals surface area contributed by atoms with E-state index < -0.39 is 18.4 Å². The maximum absolute atomic E-state index is 10.1. The van der Waals surface area contributed by atoms with Crippen molar-refractivity contribution in [2.24, 2.45) is 0 Å². The molecule has 0 aromatic rings. The largest absolute Gasteiger partial charge is 0.478 e. The summed E-state index contributed by atoms with van der Waals surface area (Å²) in [4.78, 5) is 10.1. The third-order valence-electron chi connectivity index (χ3n) is 2.97. The van der Waals surface area contributed by atoms with Crippen molar-refractivity contribution >= 4 is 5.97 Å². The van der Waals surface area contributed by atoms with Gasteiger partial charge in [0, 0.05) is 6.08 Å². The quantitative estimate of drug-likeness (QED) is 0.252. The Bertz CT molecular complexity index is 259. The van der Waals surface area contributed by atoms with E-state index in [1.807, 2.05) is 0 Å². The summed E-state index contributed by atoms with van der Waals surface area (Å²) in [6.45, 7) is 5.33. The Morgan fingerprint density at radius 2 is 1.41 bits per heavy atom. The van der Waals surface area contributed by atoms with Crippen molar-refractivity contribution in [2.45, 2.75) is 91.0 Å². The molecule has 0 aromatic carbocycles. The van der Waals surface area contributed by atoms with Crippen molar-refractivity contribution in [1.29, 1.82) is 0 Å². The molecule has 5 heteroatoms. The van der Waals surface area contributed by atoms with E-state index in [0.29, 0.717) is 0 Å². The van der Waals surface area contributed by atoms with Gasteiger partial charge in [-0.3, -0.25) is 5.32 Å². The molecule has 0 rings (SSSR count). The van der Waals surface area contributed by atoms with Gasteiger partial charge in [0.1, 0.15) is 12.5 Å². The molecule has 0 aliphatic carbocycles. The van der Waals surface area contributed by atoms with Crippen molar-refractivity contribution in [1.82, 2.24) is 5.32 Å². The molecule has 2 unspecified atom stereocenters. The van der Waals surface area contributed by atoms with Crippen LogP contribution >= 0.6 is 0 Å². The lowest BCUT2D eigenvalue weighted by Gasteiger charge is -2.08. The van der Waals surface area contributed by atoms with Gasteiger partial charge in [-0.25, -0.2) is 4.79 Å². The molecule has 0 aliphatic rings. The fourth-order valence-corrected chi connectivity index (χ4v) is 1.93. The van der Waals surface area contributed by atoms with E-state index in [4.69, 9.17) is 15.3 Å². The van der Waals surface area contributed by atoms with Gasteiger partial charge >= 0.3 is 5.97 Å². The molecule has 2 atom stereocenters. The molecule has 132 valence electrons. The Balaban J connectivity index is 0. The minimum atomic E-state index is -0.838. The van der Waals surface area contributed by atoms with E-state index in [1.165, 1.54) is 51.0 Å². The molecule has 5 nitrogen and oxygen atoms in total. The van der Waals surface area contributed by atoms with Crippen LogP contribution < -0.4 is 5.32 Å². The second kappa shape index (κ2) is 18.1. The van der Waals surface area contributed by atoms with Crippen LogP contribution in [0.15, 0.2) is 12.2 Å². The van der Waals surface area contributed by atoms with Crippen LogP contribution in [-0.4, -0.2) is 33.7 Å². The van der Waals surface area contributed by atoms with Crippen LogP contribution in [-0.2, 0) is 4.79 Å². The summed E-state index contributed by atoms with van der Waals surface area (Å²) in [5, 5.41) is 27.7. The minimum Gasteiger partial charge on any atom is -0.478 e. The first-order valence-electron chi connectivity index (χ1n) is 8.41. The molecule has 0 fully saturated rings. The van der Waals surface area contributed by atoms with Gasteiger partial charge in [0.25, 0.3) is 0 Å². The lowest BCUT2D eigenvalue weighted by atomic mass is 10.1. The van der Waals surface area contributed by atoms with E-state index in [0.717, 1.165) is 12.8 Å². The average molecular weight is 317 g/mol. The molecule has 0 radical (unpaired) electrons. The van der Waals surface area contributed by atoms with Gasteiger partial charge in [-0.05, 0) is 26.7 Å². The first kappa shape index (κ1) is 23.4. The van der Waals surface area contributed by atoms with Crippen LogP contribution in [0.4, 0.5) is 0 Å². The van der Waals surface area contributed by atoms with Crippen molar-refractivity contribution < 1.29 is 20.1 Å². The zero-order valence-electron chi connectivity index (χ0n) is 14.4.